The lowest BCUT2D eigenvalue weighted by atomic mass is 10.2. The minimum atomic E-state index is -0.0561. The third kappa shape index (κ3) is 4.68. The second-order valence-electron chi connectivity index (χ2n) is 7.65. The maximum absolute atomic E-state index is 12.5. The fourth-order valence-corrected chi connectivity index (χ4v) is 3.60. The van der Waals surface area contributed by atoms with Gasteiger partial charge in [0, 0.05) is 44.3 Å². The summed E-state index contributed by atoms with van der Waals surface area (Å²) >= 11 is 0. The van der Waals surface area contributed by atoms with Crippen molar-refractivity contribution in [2.24, 2.45) is 0 Å². The molecule has 7 heteroatoms. The van der Waals surface area contributed by atoms with Crippen LogP contribution in [-0.2, 0) is 13.1 Å². The Kier molecular flexibility index (Phi) is 5.67. The molecule has 0 bridgehead atoms. The number of aromatic nitrogens is 1. The summed E-state index contributed by atoms with van der Waals surface area (Å²) in [7, 11) is 4.10. The Balaban J connectivity index is 1.27. The van der Waals surface area contributed by atoms with Crippen LogP contribution in [0.1, 0.15) is 11.3 Å². The van der Waals surface area contributed by atoms with Crippen molar-refractivity contribution < 1.29 is 9.21 Å². The minimum absolute atomic E-state index is 0.0561. The SMILES string of the molecule is CN(C)Cc1ccc(N2CCN(C(=O)NCc3cc4ccccc4o3)CC2)nc1. The van der Waals surface area contributed by atoms with Crippen LogP contribution in [0.5, 0.6) is 0 Å². The summed E-state index contributed by atoms with van der Waals surface area (Å²) in [5, 5.41) is 4.01. The molecule has 1 N–H and O–H groups in total. The molecule has 1 aliphatic rings. The van der Waals surface area contributed by atoms with Crippen molar-refractivity contribution in [3.8, 4) is 0 Å². The van der Waals surface area contributed by atoms with E-state index in [4.69, 9.17) is 4.42 Å². The molecule has 0 spiro atoms. The lowest BCUT2D eigenvalue weighted by Crippen LogP contribution is -2.51. The van der Waals surface area contributed by atoms with E-state index >= 15 is 0 Å². The molecule has 0 atom stereocenters. The Morgan fingerprint density at radius 3 is 2.62 bits per heavy atom. The number of carbonyl (C=O) groups is 1. The number of fused-ring (bicyclic) bond motifs is 1. The Hall–Kier alpha value is -3.06. The first-order chi connectivity index (χ1) is 14.1. The van der Waals surface area contributed by atoms with E-state index in [1.165, 1.54) is 5.56 Å². The van der Waals surface area contributed by atoms with E-state index in [-0.39, 0.29) is 6.03 Å². The van der Waals surface area contributed by atoms with Gasteiger partial charge in [0.15, 0.2) is 0 Å². The van der Waals surface area contributed by atoms with Gasteiger partial charge >= 0.3 is 6.03 Å². The molecule has 29 heavy (non-hydrogen) atoms. The van der Waals surface area contributed by atoms with Gasteiger partial charge in [0.1, 0.15) is 17.2 Å². The predicted octanol–water partition coefficient (Wildman–Crippen LogP) is 2.92. The molecule has 4 rings (SSSR count). The highest BCUT2D eigenvalue weighted by molar-refractivity contribution is 5.78. The standard InChI is InChI=1S/C22H27N5O2/c1-25(2)16-17-7-8-21(23-14-17)26-9-11-27(12-10-26)22(28)24-15-19-13-18-5-3-4-6-20(18)29-19/h3-8,13-14H,9-12,15-16H2,1-2H3,(H,24,28). The van der Waals surface area contributed by atoms with E-state index in [1.807, 2.05) is 55.5 Å². The highest BCUT2D eigenvalue weighted by atomic mass is 16.3. The fraction of sp³-hybridized carbons (Fsp3) is 0.364. The number of amides is 2. The summed E-state index contributed by atoms with van der Waals surface area (Å²) < 4.78 is 5.76. The topological polar surface area (TPSA) is 64.8 Å². The smallest absolute Gasteiger partial charge is 0.317 e. The van der Waals surface area contributed by atoms with E-state index in [9.17, 15) is 4.79 Å². The van der Waals surface area contributed by atoms with Crippen LogP contribution in [0, 0.1) is 0 Å². The van der Waals surface area contributed by atoms with Crippen LogP contribution < -0.4 is 10.2 Å². The molecule has 2 amide bonds. The molecule has 1 fully saturated rings. The van der Waals surface area contributed by atoms with Gasteiger partial charge in [0.25, 0.3) is 0 Å². The van der Waals surface area contributed by atoms with Crippen LogP contribution in [0.2, 0.25) is 0 Å². The van der Waals surface area contributed by atoms with Crippen LogP contribution in [0.15, 0.2) is 53.1 Å². The second-order valence-corrected chi connectivity index (χ2v) is 7.65. The maximum atomic E-state index is 12.5. The lowest BCUT2D eigenvalue weighted by Gasteiger charge is -2.35. The van der Waals surface area contributed by atoms with Gasteiger partial charge in [-0.3, -0.25) is 0 Å². The Labute approximate surface area is 170 Å². The van der Waals surface area contributed by atoms with Gasteiger partial charge in [-0.25, -0.2) is 9.78 Å². The largest absolute Gasteiger partial charge is 0.459 e. The number of nitrogens with zero attached hydrogens (tertiary/aromatic N) is 4. The summed E-state index contributed by atoms with van der Waals surface area (Å²) in [4.78, 5) is 23.3. The van der Waals surface area contributed by atoms with Gasteiger partial charge in [0.2, 0.25) is 0 Å². The third-order valence-corrected chi connectivity index (χ3v) is 5.09. The number of pyridine rings is 1. The van der Waals surface area contributed by atoms with Gasteiger partial charge in [-0.15, -0.1) is 0 Å². The lowest BCUT2D eigenvalue weighted by molar-refractivity contribution is 0.193. The summed E-state index contributed by atoms with van der Waals surface area (Å²) in [6.07, 6.45) is 1.93. The Morgan fingerprint density at radius 1 is 1.14 bits per heavy atom. The first-order valence-electron chi connectivity index (χ1n) is 9.93. The number of rotatable bonds is 5. The number of hydrogen-bond acceptors (Lipinski definition) is 5. The van der Waals surface area contributed by atoms with E-state index < -0.39 is 0 Å². The average Bonchev–Trinajstić information content (AvgIpc) is 3.15. The first-order valence-corrected chi connectivity index (χ1v) is 9.93. The van der Waals surface area contributed by atoms with Gasteiger partial charge in [-0.1, -0.05) is 24.3 Å². The summed E-state index contributed by atoms with van der Waals surface area (Å²) in [5.74, 6) is 1.73. The zero-order valence-electron chi connectivity index (χ0n) is 17.0. The van der Waals surface area contributed by atoms with Crippen molar-refractivity contribution in [1.29, 1.82) is 0 Å². The number of para-hydroxylation sites is 1. The van der Waals surface area contributed by atoms with Crippen LogP contribution in [-0.4, -0.2) is 61.1 Å². The molecule has 1 aromatic carbocycles. The van der Waals surface area contributed by atoms with Crippen molar-refractivity contribution in [2.75, 3.05) is 45.2 Å². The van der Waals surface area contributed by atoms with Crippen molar-refractivity contribution >= 4 is 22.8 Å². The fourth-order valence-electron chi connectivity index (χ4n) is 3.60. The van der Waals surface area contributed by atoms with Crippen LogP contribution in [0.4, 0.5) is 10.6 Å². The predicted molar refractivity (Wildman–Crippen MR) is 114 cm³/mol. The van der Waals surface area contributed by atoms with Crippen molar-refractivity contribution in [3.05, 3.63) is 60.0 Å². The summed E-state index contributed by atoms with van der Waals surface area (Å²) in [5.41, 5.74) is 2.04. The molecule has 0 unspecified atom stereocenters. The molecule has 0 radical (unpaired) electrons. The molecule has 152 valence electrons. The number of hydrogen-bond donors (Lipinski definition) is 1. The Morgan fingerprint density at radius 2 is 1.93 bits per heavy atom. The quantitative estimate of drug-likeness (QED) is 0.722. The van der Waals surface area contributed by atoms with E-state index in [2.05, 4.69) is 32.2 Å². The maximum Gasteiger partial charge on any atom is 0.317 e. The van der Waals surface area contributed by atoms with E-state index in [0.717, 1.165) is 42.2 Å². The highest BCUT2D eigenvalue weighted by Crippen LogP contribution is 2.19. The molecule has 3 aromatic rings. The van der Waals surface area contributed by atoms with Crippen molar-refractivity contribution in [2.45, 2.75) is 13.1 Å². The number of anilines is 1. The van der Waals surface area contributed by atoms with E-state index in [1.54, 1.807) is 0 Å². The number of furan rings is 1. The van der Waals surface area contributed by atoms with Crippen LogP contribution in [0.3, 0.4) is 0 Å². The number of nitrogens with one attached hydrogen (secondary N) is 1. The zero-order chi connectivity index (χ0) is 20.2. The molecular weight excluding hydrogens is 366 g/mol. The first kappa shape index (κ1) is 19.3. The summed E-state index contributed by atoms with van der Waals surface area (Å²) in [6, 6.07) is 14.0. The molecule has 3 heterocycles. The zero-order valence-corrected chi connectivity index (χ0v) is 17.0. The van der Waals surface area contributed by atoms with Gasteiger partial charge in [-0.05, 0) is 37.9 Å². The second kappa shape index (κ2) is 8.53. The molecular formula is C22H27N5O2. The average molecular weight is 393 g/mol. The van der Waals surface area contributed by atoms with Crippen LogP contribution in [0.25, 0.3) is 11.0 Å². The number of carbonyl (C=O) groups excluding carboxylic acids is 1. The Bertz CT molecular complexity index is 926. The van der Waals surface area contributed by atoms with Gasteiger partial charge < -0.3 is 24.4 Å². The normalized spacial score (nSPS) is 14.6. The summed E-state index contributed by atoms with van der Waals surface area (Å²) in [6.45, 7) is 4.17. The number of piperazine rings is 1. The molecule has 1 saturated heterocycles. The number of urea groups is 1. The van der Waals surface area contributed by atoms with Crippen LogP contribution >= 0.6 is 0 Å². The molecule has 7 nitrogen and oxygen atoms in total. The molecule has 1 aliphatic heterocycles. The monoisotopic (exact) mass is 393 g/mol. The van der Waals surface area contributed by atoms with Crippen molar-refractivity contribution in [1.82, 2.24) is 20.1 Å². The number of benzene rings is 1. The molecule has 0 saturated carbocycles. The molecule has 2 aromatic heterocycles. The van der Waals surface area contributed by atoms with E-state index in [0.29, 0.717) is 19.6 Å². The van der Waals surface area contributed by atoms with Gasteiger partial charge in [-0.2, -0.15) is 0 Å². The van der Waals surface area contributed by atoms with Gasteiger partial charge in [0.05, 0.1) is 6.54 Å². The van der Waals surface area contributed by atoms with Crippen molar-refractivity contribution in [3.63, 3.8) is 0 Å². The minimum Gasteiger partial charge on any atom is -0.459 e. The third-order valence-electron chi connectivity index (χ3n) is 5.09. The molecule has 0 aliphatic carbocycles. The highest BCUT2D eigenvalue weighted by Gasteiger charge is 2.22.